The maximum absolute atomic E-state index is 10.9. The zero-order chi connectivity index (χ0) is 14.8. The predicted octanol–water partition coefficient (Wildman–Crippen LogP) is -2.96. The van der Waals surface area contributed by atoms with Gasteiger partial charge < -0.3 is 35.2 Å². The van der Waals surface area contributed by atoms with Crippen LogP contribution in [-0.2, 0) is 18.6 Å². The van der Waals surface area contributed by atoms with Crippen LogP contribution in [0.2, 0.25) is 0 Å². The lowest BCUT2D eigenvalue weighted by Gasteiger charge is -2.41. The molecule has 1 amide bonds. The summed E-state index contributed by atoms with van der Waals surface area (Å²) in [6.07, 6.45) is -6.26. The lowest BCUT2D eigenvalue weighted by molar-refractivity contribution is -0.250. The van der Waals surface area contributed by atoms with E-state index in [1.165, 1.54) is 0 Å². The predicted molar refractivity (Wildman–Crippen MR) is 58.5 cm³/mol. The van der Waals surface area contributed by atoms with E-state index in [-0.39, 0.29) is 0 Å². The van der Waals surface area contributed by atoms with Crippen LogP contribution in [0.5, 0.6) is 0 Å². The molecular weight excluding hydrogens is 285 g/mol. The smallest absolute Gasteiger partial charge is 0.394 e. The first-order chi connectivity index (χ1) is 8.65. The van der Waals surface area contributed by atoms with Crippen molar-refractivity contribution in [2.24, 2.45) is 0 Å². The minimum atomic E-state index is -4.95. The Bertz CT molecular complexity index is 371. The van der Waals surface area contributed by atoms with Gasteiger partial charge in [-0.2, -0.15) is 0 Å². The third kappa shape index (κ3) is 4.48. The van der Waals surface area contributed by atoms with Gasteiger partial charge in [-0.3, -0.25) is 9.32 Å². The van der Waals surface area contributed by atoms with E-state index in [1.54, 1.807) is 0 Å². The monoisotopic (exact) mass is 301 g/mol. The van der Waals surface area contributed by atoms with Gasteiger partial charge in [0.25, 0.3) is 0 Å². The van der Waals surface area contributed by atoms with E-state index in [2.05, 4.69) is 9.84 Å². The van der Waals surface area contributed by atoms with Crippen LogP contribution < -0.4 is 5.32 Å². The average molecular weight is 301 g/mol. The number of aliphatic hydroxyl groups excluding tert-OH is 3. The Balaban J connectivity index is 2.91. The van der Waals surface area contributed by atoms with Crippen molar-refractivity contribution in [3.63, 3.8) is 0 Å². The van der Waals surface area contributed by atoms with Crippen molar-refractivity contribution in [3.8, 4) is 0 Å². The van der Waals surface area contributed by atoms with Crippen LogP contribution in [0, 0.1) is 0 Å². The fraction of sp³-hybridized carbons (Fsp3) is 0.875. The number of nitrogens with one attached hydrogen (secondary N) is 1. The SMILES string of the molecule is CC(=O)NC1C(O)OC(CO)[C@@H](OP(=O)(O)O)C1O. The molecule has 1 heterocycles. The van der Waals surface area contributed by atoms with Crippen LogP contribution >= 0.6 is 7.82 Å². The molecule has 0 saturated carbocycles. The number of phosphoric acid groups is 1. The topological polar surface area (TPSA) is 166 Å². The Kier molecular flexibility index (Phi) is 5.42. The van der Waals surface area contributed by atoms with E-state index >= 15 is 0 Å². The van der Waals surface area contributed by atoms with Crippen LogP contribution in [0.15, 0.2) is 0 Å². The van der Waals surface area contributed by atoms with E-state index in [1.807, 2.05) is 0 Å². The van der Waals surface area contributed by atoms with Crippen molar-refractivity contribution in [3.05, 3.63) is 0 Å². The molecule has 1 aliphatic rings. The highest BCUT2D eigenvalue weighted by atomic mass is 31.2. The minimum absolute atomic E-state index is 0.593. The van der Waals surface area contributed by atoms with Crippen molar-refractivity contribution in [2.75, 3.05) is 6.61 Å². The Morgan fingerprint density at radius 3 is 2.42 bits per heavy atom. The molecule has 4 unspecified atom stereocenters. The summed E-state index contributed by atoms with van der Waals surface area (Å²) < 4.78 is 20.0. The Labute approximate surface area is 108 Å². The molecule has 1 saturated heterocycles. The minimum Gasteiger partial charge on any atom is -0.394 e. The quantitative estimate of drug-likeness (QED) is 0.297. The van der Waals surface area contributed by atoms with Gasteiger partial charge in [0.15, 0.2) is 6.29 Å². The van der Waals surface area contributed by atoms with Gasteiger partial charge in [0.05, 0.1) is 6.61 Å². The lowest BCUT2D eigenvalue weighted by atomic mass is 9.97. The molecule has 5 atom stereocenters. The number of carbonyl (C=O) groups excluding carboxylic acids is 1. The molecule has 1 fully saturated rings. The van der Waals surface area contributed by atoms with Gasteiger partial charge in [0, 0.05) is 6.92 Å². The molecule has 0 spiro atoms. The van der Waals surface area contributed by atoms with E-state index in [0.29, 0.717) is 0 Å². The normalized spacial score (nSPS) is 36.0. The summed E-state index contributed by atoms with van der Waals surface area (Å²) in [5, 5.41) is 30.6. The van der Waals surface area contributed by atoms with Gasteiger partial charge in [-0.1, -0.05) is 0 Å². The third-order valence-corrected chi connectivity index (χ3v) is 3.02. The van der Waals surface area contributed by atoms with Crippen LogP contribution in [0.1, 0.15) is 6.92 Å². The van der Waals surface area contributed by atoms with Gasteiger partial charge in [-0.25, -0.2) is 4.57 Å². The van der Waals surface area contributed by atoms with E-state index in [4.69, 9.17) is 19.6 Å². The van der Waals surface area contributed by atoms with Crippen molar-refractivity contribution in [1.82, 2.24) is 5.32 Å². The second-order valence-corrected chi connectivity index (χ2v) is 5.22. The summed E-state index contributed by atoms with van der Waals surface area (Å²) in [4.78, 5) is 28.4. The number of hydrogen-bond donors (Lipinski definition) is 6. The Hall–Kier alpha value is -0.580. The highest BCUT2D eigenvalue weighted by molar-refractivity contribution is 7.46. The van der Waals surface area contributed by atoms with E-state index in [0.717, 1.165) is 6.92 Å². The zero-order valence-corrected chi connectivity index (χ0v) is 10.8. The first-order valence-corrected chi connectivity index (χ1v) is 6.82. The Morgan fingerprint density at radius 2 is 2.00 bits per heavy atom. The van der Waals surface area contributed by atoms with Crippen LogP contribution in [-0.4, -0.2) is 68.3 Å². The molecular formula is C8H16NO9P. The maximum atomic E-state index is 10.9. The Morgan fingerprint density at radius 1 is 1.42 bits per heavy atom. The lowest BCUT2D eigenvalue weighted by Crippen LogP contribution is -2.64. The van der Waals surface area contributed by atoms with Crippen LogP contribution in [0.3, 0.4) is 0 Å². The summed E-state index contributed by atoms with van der Waals surface area (Å²) in [5.74, 6) is -0.593. The van der Waals surface area contributed by atoms with Crippen molar-refractivity contribution >= 4 is 13.7 Å². The number of carbonyl (C=O) groups is 1. The van der Waals surface area contributed by atoms with E-state index in [9.17, 15) is 19.6 Å². The molecule has 0 aliphatic carbocycles. The largest absolute Gasteiger partial charge is 0.470 e. The van der Waals surface area contributed by atoms with Crippen LogP contribution in [0.4, 0.5) is 0 Å². The van der Waals surface area contributed by atoms with E-state index < -0.39 is 51.0 Å². The van der Waals surface area contributed by atoms with Gasteiger partial charge in [0.2, 0.25) is 5.91 Å². The molecule has 0 bridgehead atoms. The number of rotatable bonds is 4. The average Bonchev–Trinajstić information content (AvgIpc) is 2.26. The molecule has 0 radical (unpaired) electrons. The van der Waals surface area contributed by atoms with Gasteiger partial charge in [-0.15, -0.1) is 0 Å². The molecule has 0 aromatic carbocycles. The second-order valence-electron chi connectivity index (χ2n) is 4.03. The van der Waals surface area contributed by atoms with Gasteiger partial charge in [0.1, 0.15) is 24.4 Å². The van der Waals surface area contributed by atoms with Gasteiger partial charge in [-0.05, 0) is 0 Å². The highest BCUT2D eigenvalue weighted by Crippen LogP contribution is 2.41. The summed E-state index contributed by atoms with van der Waals surface area (Å²) in [6.45, 7) is 0.377. The molecule has 1 rings (SSSR count). The summed E-state index contributed by atoms with van der Waals surface area (Å²) >= 11 is 0. The first kappa shape index (κ1) is 16.5. The molecule has 112 valence electrons. The molecule has 1 aliphatic heterocycles. The first-order valence-electron chi connectivity index (χ1n) is 5.29. The number of phosphoric ester groups is 1. The number of amides is 1. The van der Waals surface area contributed by atoms with Crippen molar-refractivity contribution in [1.29, 1.82) is 0 Å². The summed E-state index contributed by atoms with van der Waals surface area (Å²) in [7, 11) is -4.95. The number of hydrogen-bond acceptors (Lipinski definition) is 7. The summed E-state index contributed by atoms with van der Waals surface area (Å²) in [6, 6.07) is -1.34. The maximum Gasteiger partial charge on any atom is 0.470 e. The number of ether oxygens (including phenoxy) is 1. The van der Waals surface area contributed by atoms with Crippen molar-refractivity contribution < 1.29 is 43.7 Å². The molecule has 11 heteroatoms. The molecule has 10 nitrogen and oxygen atoms in total. The van der Waals surface area contributed by atoms with Crippen molar-refractivity contribution in [2.45, 2.75) is 37.6 Å². The molecule has 0 aromatic heterocycles. The summed E-state index contributed by atoms with van der Waals surface area (Å²) in [5.41, 5.74) is 0. The molecule has 19 heavy (non-hydrogen) atoms. The molecule has 0 aromatic rings. The second kappa shape index (κ2) is 6.25. The molecule has 6 N–H and O–H groups in total. The third-order valence-electron chi connectivity index (χ3n) is 2.50. The fourth-order valence-electron chi connectivity index (χ4n) is 1.76. The number of aliphatic hydroxyl groups is 3. The standard InChI is InChI=1S/C8H16NO9P/c1-3(11)9-5-6(12)7(18-19(14,15)16)4(2-10)17-8(5)13/h4-8,10,12-13H,2H2,1H3,(H,9,11)(H2,14,15,16)/t4?,5?,6?,7-,8?/m1/s1. The fourth-order valence-corrected chi connectivity index (χ4v) is 2.34. The van der Waals surface area contributed by atoms with Gasteiger partial charge >= 0.3 is 7.82 Å². The van der Waals surface area contributed by atoms with Crippen LogP contribution in [0.25, 0.3) is 0 Å². The highest BCUT2D eigenvalue weighted by Gasteiger charge is 2.47. The zero-order valence-electron chi connectivity index (χ0n) is 9.91.